The van der Waals surface area contributed by atoms with E-state index in [2.05, 4.69) is 85.7 Å². The molecule has 0 saturated heterocycles. The Morgan fingerprint density at radius 1 is 1.17 bits per heavy atom. The van der Waals surface area contributed by atoms with Crippen molar-refractivity contribution >= 4 is 22.6 Å². The predicted molar refractivity (Wildman–Crippen MR) is 83.9 cm³/mol. The molecule has 1 aromatic heterocycles. The molecule has 0 N–H and O–H groups in total. The van der Waals surface area contributed by atoms with Gasteiger partial charge in [-0.05, 0) is 52.1 Å². The second-order valence-corrected chi connectivity index (χ2v) is 6.82. The van der Waals surface area contributed by atoms with Crippen molar-refractivity contribution in [1.82, 2.24) is 9.78 Å². The summed E-state index contributed by atoms with van der Waals surface area (Å²) < 4.78 is 3.10. The van der Waals surface area contributed by atoms with Crippen LogP contribution in [0.1, 0.15) is 37.6 Å². The molecule has 0 aliphatic carbocycles. The fourth-order valence-electron chi connectivity index (χ4n) is 1.91. The van der Waals surface area contributed by atoms with E-state index in [-0.39, 0.29) is 5.41 Å². The van der Waals surface area contributed by atoms with E-state index in [1.54, 1.807) is 0 Å². The van der Waals surface area contributed by atoms with Gasteiger partial charge in [-0.3, -0.25) is 4.68 Å². The number of aromatic nitrogens is 2. The van der Waals surface area contributed by atoms with Gasteiger partial charge in [-0.15, -0.1) is 0 Å². The fraction of sp³-hybridized carbons (Fsp3) is 0.400. The molecule has 1 heterocycles. The molecular weight excluding hydrogens is 335 g/mol. The molecule has 18 heavy (non-hydrogen) atoms. The Bertz CT molecular complexity index is 533. The molecule has 0 amide bonds. The van der Waals surface area contributed by atoms with Crippen LogP contribution in [0.5, 0.6) is 0 Å². The number of aryl methyl sites for hydroxylation is 1. The molecular formula is C15H19IN2. The summed E-state index contributed by atoms with van der Waals surface area (Å²) in [7, 11) is 0. The van der Waals surface area contributed by atoms with Crippen LogP contribution >= 0.6 is 22.6 Å². The molecule has 0 aliphatic rings. The standard InChI is InChI=1S/C15H19IN2/c1-11-9-14(16)17-18(11)10-12-5-7-13(8-6-12)15(2,3)4/h5-9H,10H2,1-4H3. The lowest BCUT2D eigenvalue weighted by Crippen LogP contribution is -2.11. The van der Waals surface area contributed by atoms with Crippen LogP contribution in [0, 0.1) is 10.6 Å². The lowest BCUT2D eigenvalue weighted by Gasteiger charge is -2.19. The van der Waals surface area contributed by atoms with Crippen molar-refractivity contribution in [3.8, 4) is 0 Å². The fourth-order valence-corrected chi connectivity index (χ4v) is 2.62. The summed E-state index contributed by atoms with van der Waals surface area (Å²) in [5.41, 5.74) is 4.10. The number of hydrogen-bond acceptors (Lipinski definition) is 1. The molecule has 0 fully saturated rings. The number of hydrogen-bond donors (Lipinski definition) is 0. The van der Waals surface area contributed by atoms with Crippen LogP contribution < -0.4 is 0 Å². The van der Waals surface area contributed by atoms with Crippen LogP contribution in [0.4, 0.5) is 0 Å². The highest BCUT2D eigenvalue weighted by molar-refractivity contribution is 14.1. The van der Waals surface area contributed by atoms with E-state index >= 15 is 0 Å². The molecule has 0 aliphatic heterocycles. The molecule has 0 unspecified atom stereocenters. The molecule has 96 valence electrons. The molecule has 0 saturated carbocycles. The zero-order valence-corrected chi connectivity index (χ0v) is 13.5. The Labute approximate surface area is 123 Å². The maximum absolute atomic E-state index is 4.48. The van der Waals surface area contributed by atoms with Gasteiger partial charge in [0.15, 0.2) is 0 Å². The Hall–Kier alpha value is -0.840. The molecule has 2 nitrogen and oxygen atoms in total. The SMILES string of the molecule is Cc1cc(I)nn1Cc1ccc(C(C)(C)C)cc1. The highest BCUT2D eigenvalue weighted by Gasteiger charge is 2.13. The van der Waals surface area contributed by atoms with E-state index in [1.807, 2.05) is 4.68 Å². The van der Waals surface area contributed by atoms with Gasteiger partial charge in [0.2, 0.25) is 0 Å². The first-order valence-electron chi connectivity index (χ1n) is 6.15. The van der Waals surface area contributed by atoms with Crippen LogP contribution in [0.3, 0.4) is 0 Å². The normalized spacial score (nSPS) is 11.8. The van der Waals surface area contributed by atoms with Gasteiger partial charge in [0.25, 0.3) is 0 Å². The van der Waals surface area contributed by atoms with Crippen molar-refractivity contribution < 1.29 is 0 Å². The summed E-state index contributed by atoms with van der Waals surface area (Å²) in [5, 5.41) is 4.48. The third-order valence-corrected chi connectivity index (χ3v) is 3.63. The van der Waals surface area contributed by atoms with E-state index in [0.717, 1.165) is 10.2 Å². The molecule has 1 aromatic carbocycles. The first kappa shape index (κ1) is 13.6. The third-order valence-electron chi connectivity index (χ3n) is 3.10. The van der Waals surface area contributed by atoms with E-state index in [4.69, 9.17) is 0 Å². The number of nitrogens with zero attached hydrogens (tertiary/aromatic N) is 2. The Kier molecular flexibility index (Phi) is 3.80. The summed E-state index contributed by atoms with van der Waals surface area (Å²) >= 11 is 2.25. The zero-order chi connectivity index (χ0) is 13.3. The van der Waals surface area contributed by atoms with Crippen LogP contribution in [0.15, 0.2) is 30.3 Å². The maximum atomic E-state index is 4.48. The highest BCUT2D eigenvalue weighted by Crippen LogP contribution is 2.22. The summed E-state index contributed by atoms with van der Waals surface area (Å²) in [6.45, 7) is 9.66. The van der Waals surface area contributed by atoms with Crippen LogP contribution in [-0.2, 0) is 12.0 Å². The van der Waals surface area contributed by atoms with E-state index in [1.165, 1.54) is 16.8 Å². The molecule has 0 spiro atoms. The minimum Gasteiger partial charge on any atom is -0.264 e. The number of rotatable bonds is 2. The van der Waals surface area contributed by atoms with Crippen LogP contribution in [-0.4, -0.2) is 9.78 Å². The minimum absolute atomic E-state index is 0.218. The largest absolute Gasteiger partial charge is 0.264 e. The van der Waals surface area contributed by atoms with Gasteiger partial charge in [-0.1, -0.05) is 45.0 Å². The van der Waals surface area contributed by atoms with E-state index in [9.17, 15) is 0 Å². The van der Waals surface area contributed by atoms with Gasteiger partial charge >= 0.3 is 0 Å². The molecule has 0 radical (unpaired) electrons. The average molecular weight is 354 g/mol. The van der Waals surface area contributed by atoms with Crippen molar-refractivity contribution in [2.24, 2.45) is 0 Å². The minimum atomic E-state index is 0.218. The summed E-state index contributed by atoms with van der Waals surface area (Å²) in [4.78, 5) is 0. The van der Waals surface area contributed by atoms with Gasteiger partial charge in [0, 0.05) is 5.69 Å². The third kappa shape index (κ3) is 3.13. The first-order valence-corrected chi connectivity index (χ1v) is 7.23. The van der Waals surface area contributed by atoms with Gasteiger partial charge in [-0.25, -0.2) is 0 Å². The second-order valence-electron chi connectivity index (χ2n) is 5.71. The summed E-state index contributed by atoms with van der Waals surface area (Å²) in [6, 6.07) is 10.9. The van der Waals surface area contributed by atoms with Gasteiger partial charge < -0.3 is 0 Å². The maximum Gasteiger partial charge on any atom is 0.123 e. The van der Waals surface area contributed by atoms with Crippen molar-refractivity contribution in [3.63, 3.8) is 0 Å². The van der Waals surface area contributed by atoms with Crippen molar-refractivity contribution in [2.75, 3.05) is 0 Å². The smallest absolute Gasteiger partial charge is 0.123 e. The molecule has 2 rings (SSSR count). The zero-order valence-electron chi connectivity index (χ0n) is 11.4. The van der Waals surface area contributed by atoms with E-state index < -0.39 is 0 Å². The lowest BCUT2D eigenvalue weighted by molar-refractivity contribution is 0.589. The van der Waals surface area contributed by atoms with Crippen LogP contribution in [0.25, 0.3) is 0 Å². The lowest BCUT2D eigenvalue weighted by atomic mass is 9.87. The molecule has 3 heteroatoms. The van der Waals surface area contributed by atoms with E-state index in [0.29, 0.717) is 0 Å². The van der Waals surface area contributed by atoms with Gasteiger partial charge in [-0.2, -0.15) is 5.10 Å². The Morgan fingerprint density at radius 3 is 2.22 bits per heavy atom. The molecule has 0 bridgehead atoms. The topological polar surface area (TPSA) is 17.8 Å². The molecule has 2 aromatic rings. The summed E-state index contributed by atoms with van der Waals surface area (Å²) in [5.74, 6) is 0. The second kappa shape index (κ2) is 5.03. The summed E-state index contributed by atoms with van der Waals surface area (Å²) in [6.07, 6.45) is 0. The average Bonchev–Trinajstić information content (AvgIpc) is 2.57. The van der Waals surface area contributed by atoms with Crippen molar-refractivity contribution in [1.29, 1.82) is 0 Å². The Morgan fingerprint density at radius 2 is 1.78 bits per heavy atom. The first-order chi connectivity index (χ1) is 8.36. The number of benzene rings is 1. The van der Waals surface area contributed by atoms with Crippen LogP contribution in [0.2, 0.25) is 0 Å². The quantitative estimate of drug-likeness (QED) is 0.741. The molecule has 0 atom stereocenters. The number of halogens is 1. The van der Waals surface area contributed by atoms with Gasteiger partial charge in [0.1, 0.15) is 3.70 Å². The van der Waals surface area contributed by atoms with Crippen molar-refractivity contribution in [2.45, 2.75) is 39.7 Å². The van der Waals surface area contributed by atoms with Gasteiger partial charge in [0.05, 0.1) is 6.54 Å². The van der Waals surface area contributed by atoms with Crippen molar-refractivity contribution in [3.05, 3.63) is 50.9 Å². The monoisotopic (exact) mass is 354 g/mol. The predicted octanol–water partition coefficient (Wildman–Crippen LogP) is 4.14. The highest BCUT2D eigenvalue weighted by atomic mass is 127. The Balaban J connectivity index is 2.18.